The lowest BCUT2D eigenvalue weighted by Gasteiger charge is -2.18. The van der Waals surface area contributed by atoms with Crippen LogP contribution in [0.2, 0.25) is 0 Å². The van der Waals surface area contributed by atoms with Gasteiger partial charge in [0.25, 0.3) is 0 Å². The highest BCUT2D eigenvalue weighted by atomic mass is 16.5. The lowest BCUT2D eigenvalue weighted by atomic mass is 10.0. The number of hydrazine groups is 1. The van der Waals surface area contributed by atoms with Gasteiger partial charge in [0.2, 0.25) is 0 Å². The summed E-state index contributed by atoms with van der Waals surface area (Å²) in [5.74, 6) is 7.15. The summed E-state index contributed by atoms with van der Waals surface area (Å²) >= 11 is 0. The Balaban J connectivity index is 2.35. The van der Waals surface area contributed by atoms with E-state index in [1.165, 1.54) is 0 Å². The second kappa shape index (κ2) is 7.61. The lowest BCUT2D eigenvalue weighted by molar-refractivity contribution is 0.287. The average Bonchev–Trinajstić information content (AvgIpc) is 2.52. The first-order valence-corrected chi connectivity index (χ1v) is 7.06. The summed E-state index contributed by atoms with van der Waals surface area (Å²) in [6.45, 7) is 5.06. The van der Waals surface area contributed by atoms with Crippen LogP contribution in [0.5, 0.6) is 11.5 Å². The summed E-state index contributed by atoms with van der Waals surface area (Å²) in [6, 6.07) is 11.4. The molecule has 21 heavy (non-hydrogen) atoms. The van der Waals surface area contributed by atoms with Crippen molar-refractivity contribution in [2.24, 2.45) is 5.84 Å². The van der Waals surface area contributed by atoms with E-state index in [1.54, 1.807) is 6.20 Å². The third kappa shape index (κ3) is 3.71. The van der Waals surface area contributed by atoms with Gasteiger partial charge in [-0.25, -0.2) is 5.43 Å². The van der Waals surface area contributed by atoms with Crippen LogP contribution >= 0.6 is 0 Å². The zero-order valence-corrected chi connectivity index (χ0v) is 12.4. The number of ether oxygens (including phenoxy) is 2. The predicted molar refractivity (Wildman–Crippen MR) is 82.2 cm³/mol. The van der Waals surface area contributed by atoms with Crippen molar-refractivity contribution in [3.05, 3.63) is 53.9 Å². The average molecular weight is 287 g/mol. The van der Waals surface area contributed by atoms with Crippen LogP contribution < -0.4 is 20.7 Å². The summed E-state index contributed by atoms with van der Waals surface area (Å²) in [5, 5.41) is 0. The number of nitrogens with zero attached hydrogens (tertiary/aromatic N) is 1. The molecule has 0 radical (unpaired) electrons. The molecule has 1 atom stereocenters. The topological polar surface area (TPSA) is 69.4 Å². The number of nitrogens with two attached hydrogens (primary N) is 1. The van der Waals surface area contributed by atoms with Crippen molar-refractivity contribution in [1.82, 2.24) is 10.4 Å². The molecule has 1 aromatic heterocycles. The van der Waals surface area contributed by atoms with Gasteiger partial charge in [-0.1, -0.05) is 12.1 Å². The van der Waals surface area contributed by atoms with E-state index in [9.17, 15) is 0 Å². The van der Waals surface area contributed by atoms with Crippen LogP contribution in [0.15, 0.2) is 42.6 Å². The number of hydrogen-bond acceptors (Lipinski definition) is 5. The first-order chi connectivity index (χ1) is 10.3. The summed E-state index contributed by atoms with van der Waals surface area (Å²) in [7, 11) is 0. The van der Waals surface area contributed by atoms with E-state index in [-0.39, 0.29) is 6.04 Å². The van der Waals surface area contributed by atoms with Crippen molar-refractivity contribution in [2.45, 2.75) is 19.9 Å². The van der Waals surface area contributed by atoms with E-state index in [0.717, 1.165) is 17.0 Å². The minimum Gasteiger partial charge on any atom is -0.490 e. The van der Waals surface area contributed by atoms with Crippen molar-refractivity contribution in [2.75, 3.05) is 13.2 Å². The molecule has 0 fully saturated rings. The Hall–Kier alpha value is -2.11. The fraction of sp³-hybridized carbons (Fsp3) is 0.312. The molecule has 112 valence electrons. The molecule has 0 spiro atoms. The number of aromatic nitrogens is 1. The van der Waals surface area contributed by atoms with E-state index >= 15 is 0 Å². The molecule has 3 N–H and O–H groups in total. The van der Waals surface area contributed by atoms with Crippen molar-refractivity contribution in [1.29, 1.82) is 0 Å². The van der Waals surface area contributed by atoms with E-state index in [2.05, 4.69) is 10.4 Å². The van der Waals surface area contributed by atoms with E-state index in [4.69, 9.17) is 15.3 Å². The zero-order valence-electron chi connectivity index (χ0n) is 12.4. The molecule has 1 unspecified atom stereocenters. The zero-order chi connectivity index (χ0) is 15.1. The van der Waals surface area contributed by atoms with Gasteiger partial charge in [0.15, 0.2) is 11.5 Å². The van der Waals surface area contributed by atoms with Crippen LogP contribution in [0.1, 0.15) is 31.1 Å². The Morgan fingerprint density at radius 2 is 1.86 bits per heavy atom. The third-order valence-corrected chi connectivity index (χ3v) is 3.05. The molecule has 0 bridgehead atoms. The molecule has 0 aliphatic heterocycles. The molecule has 5 nitrogen and oxygen atoms in total. The Morgan fingerprint density at radius 1 is 1.10 bits per heavy atom. The molecule has 0 aliphatic rings. The number of benzene rings is 1. The Bertz CT molecular complexity index is 561. The first-order valence-electron chi connectivity index (χ1n) is 7.06. The van der Waals surface area contributed by atoms with Crippen LogP contribution in [0, 0.1) is 0 Å². The van der Waals surface area contributed by atoms with Gasteiger partial charge in [-0.15, -0.1) is 0 Å². The van der Waals surface area contributed by atoms with Crippen LogP contribution in [0.3, 0.4) is 0 Å². The van der Waals surface area contributed by atoms with Gasteiger partial charge in [0, 0.05) is 6.20 Å². The molecular weight excluding hydrogens is 266 g/mol. The van der Waals surface area contributed by atoms with E-state index < -0.39 is 0 Å². The van der Waals surface area contributed by atoms with Crippen molar-refractivity contribution < 1.29 is 9.47 Å². The molecule has 2 rings (SSSR count). The Morgan fingerprint density at radius 3 is 2.48 bits per heavy atom. The van der Waals surface area contributed by atoms with Gasteiger partial charge >= 0.3 is 0 Å². The quantitative estimate of drug-likeness (QED) is 0.604. The maximum absolute atomic E-state index is 5.70. The first kappa shape index (κ1) is 15.3. The molecule has 1 heterocycles. The maximum Gasteiger partial charge on any atom is 0.161 e. The Kier molecular flexibility index (Phi) is 5.54. The number of pyridine rings is 1. The van der Waals surface area contributed by atoms with Gasteiger partial charge in [0.05, 0.1) is 24.9 Å². The van der Waals surface area contributed by atoms with Crippen molar-refractivity contribution in [3.8, 4) is 11.5 Å². The third-order valence-electron chi connectivity index (χ3n) is 3.05. The highest BCUT2D eigenvalue weighted by molar-refractivity contribution is 5.45. The summed E-state index contributed by atoms with van der Waals surface area (Å²) in [5.41, 5.74) is 4.62. The van der Waals surface area contributed by atoms with Gasteiger partial charge in [-0.2, -0.15) is 0 Å². The van der Waals surface area contributed by atoms with Crippen LogP contribution in [0.4, 0.5) is 0 Å². The molecule has 0 amide bonds. The standard InChI is InChI=1S/C16H21N3O2/c1-3-20-14-9-8-12(11-15(14)21-4-2)16(19-17)13-7-5-6-10-18-13/h5-11,16,19H,3-4,17H2,1-2H3. The molecule has 0 saturated carbocycles. The van der Waals surface area contributed by atoms with Gasteiger partial charge in [-0.3, -0.25) is 10.8 Å². The van der Waals surface area contributed by atoms with Crippen molar-refractivity contribution in [3.63, 3.8) is 0 Å². The van der Waals surface area contributed by atoms with E-state index in [0.29, 0.717) is 19.0 Å². The largest absolute Gasteiger partial charge is 0.490 e. The second-order valence-corrected chi connectivity index (χ2v) is 4.43. The minimum atomic E-state index is -0.193. The molecule has 5 heteroatoms. The normalized spacial score (nSPS) is 12.0. The Labute approximate surface area is 125 Å². The monoisotopic (exact) mass is 287 g/mol. The predicted octanol–water partition coefficient (Wildman–Crippen LogP) is 2.43. The summed E-state index contributed by atoms with van der Waals surface area (Å²) in [4.78, 5) is 4.35. The van der Waals surface area contributed by atoms with Gasteiger partial charge in [0.1, 0.15) is 0 Å². The highest BCUT2D eigenvalue weighted by Gasteiger charge is 2.16. The van der Waals surface area contributed by atoms with Crippen LogP contribution in [0.25, 0.3) is 0 Å². The van der Waals surface area contributed by atoms with Crippen LogP contribution in [-0.4, -0.2) is 18.2 Å². The fourth-order valence-corrected chi connectivity index (χ4v) is 2.15. The highest BCUT2D eigenvalue weighted by Crippen LogP contribution is 2.32. The summed E-state index contributed by atoms with van der Waals surface area (Å²) < 4.78 is 11.2. The number of hydrogen-bond donors (Lipinski definition) is 2. The molecule has 0 saturated heterocycles. The number of nitrogens with one attached hydrogen (secondary N) is 1. The van der Waals surface area contributed by atoms with Crippen molar-refractivity contribution >= 4 is 0 Å². The SMILES string of the molecule is CCOc1ccc(C(NN)c2ccccn2)cc1OCC. The molecule has 1 aromatic carbocycles. The molecule has 0 aliphatic carbocycles. The van der Waals surface area contributed by atoms with Gasteiger partial charge < -0.3 is 9.47 Å². The smallest absolute Gasteiger partial charge is 0.161 e. The minimum absolute atomic E-state index is 0.193. The second-order valence-electron chi connectivity index (χ2n) is 4.43. The molecular formula is C16H21N3O2. The maximum atomic E-state index is 5.70. The van der Waals surface area contributed by atoms with Crippen LogP contribution in [-0.2, 0) is 0 Å². The van der Waals surface area contributed by atoms with Gasteiger partial charge in [-0.05, 0) is 43.7 Å². The lowest BCUT2D eigenvalue weighted by Crippen LogP contribution is -2.29. The fourth-order valence-electron chi connectivity index (χ4n) is 2.15. The molecule has 2 aromatic rings. The summed E-state index contributed by atoms with van der Waals surface area (Å²) in [6.07, 6.45) is 1.75. The van der Waals surface area contributed by atoms with E-state index in [1.807, 2.05) is 50.2 Å². The number of rotatable bonds is 7.